The topological polar surface area (TPSA) is 72.2 Å². The molecule has 2 rings (SSSR count). The lowest BCUT2D eigenvalue weighted by atomic mass is 10.1. The van der Waals surface area contributed by atoms with Crippen molar-refractivity contribution in [2.75, 3.05) is 0 Å². The second kappa shape index (κ2) is 6.60. The summed E-state index contributed by atoms with van der Waals surface area (Å²) in [5.41, 5.74) is 0.670. The molecule has 108 valence electrons. The first kappa shape index (κ1) is 15.3. The third-order valence-corrected chi connectivity index (χ3v) is 3.43. The Labute approximate surface area is 131 Å². The normalized spacial score (nSPS) is 10.2. The summed E-state index contributed by atoms with van der Waals surface area (Å²) >= 11 is 10.1. The molecule has 1 N–H and O–H groups in total. The van der Waals surface area contributed by atoms with Crippen molar-refractivity contribution in [2.45, 2.75) is 11.4 Å². The quantitative estimate of drug-likeness (QED) is 0.514. The van der Waals surface area contributed by atoms with Crippen LogP contribution in [0.2, 0.25) is 5.02 Å². The van der Waals surface area contributed by atoms with Crippen LogP contribution in [-0.2, 0) is 6.54 Å². The SMILES string of the molecule is O=C(NCc1ccccc1[N+](=O)[O-])c1cc(S)ccc1Cl. The Balaban J connectivity index is 2.15. The summed E-state index contributed by atoms with van der Waals surface area (Å²) in [5, 5.41) is 13.8. The van der Waals surface area contributed by atoms with Crippen molar-refractivity contribution in [3.8, 4) is 0 Å². The van der Waals surface area contributed by atoms with E-state index in [4.69, 9.17) is 11.6 Å². The van der Waals surface area contributed by atoms with Gasteiger partial charge >= 0.3 is 0 Å². The monoisotopic (exact) mass is 322 g/mol. The molecule has 0 aliphatic carbocycles. The zero-order valence-electron chi connectivity index (χ0n) is 10.7. The number of nitrogens with one attached hydrogen (secondary N) is 1. The highest BCUT2D eigenvalue weighted by Gasteiger charge is 2.15. The van der Waals surface area contributed by atoms with Crippen molar-refractivity contribution in [3.63, 3.8) is 0 Å². The molecule has 0 aromatic heterocycles. The van der Waals surface area contributed by atoms with Crippen LogP contribution < -0.4 is 5.32 Å². The summed E-state index contributed by atoms with van der Waals surface area (Å²) in [6.07, 6.45) is 0. The van der Waals surface area contributed by atoms with Crippen LogP contribution in [-0.4, -0.2) is 10.8 Å². The van der Waals surface area contributed by atoms with Gasteiger partial charge < -0.3 is 5.32 Å². The molecule has 0 saturated heterocycles. The first-order valence-electron chi connectivity index (χ1n) is 5.98. The summed E-state index contributed by atoms with van der Waals surface area (Å²) in [6, 6.07) is 11.0. The zero-order valence-corrected chi connectivity index (χ0v) is 12.4. The Hall–Kier alpha value is -2.05. The second-order valence-electron chi connectivity index (χ2n) is 4.23. The number of hydrogen-bond donors (Lipinski definition) is 2. The Bertz CT molecular complexity index is 706. The largest absolute Gasteiger partial charge is 0.348 e. The molecule has 2 aromatic carbocycles. The average molecular weight is 323 g/mol. The number of para-hydroxylation sites is 1. The third kappa shape index (κ3) is 3.74. The van der Waals surface area contributed by atoms with Gasteiger partial charge in [0.2, 0.25) is 0 Å². The molecule has 0 aliphatic heterocycles. The van der Waals surface area contributed by atoms with Crippen molar-refractivity contribution >= 4 is 35.8 Å². The summed E-state index contributed by atoms with van der Waals surface area (Å²) in [7, 11) is 0. The number of rotatable bonds is 4. The molecular formula is C14H11ClN2O3S. The molecule has 0 aliphatic rings. The van der Waals surface area contributed by atoms with Gasteiger partial charge in [-0.3, -0.25) is 14.9 Å². The van der Waals surface area contributed by atoms with Gasteiger partial charge in [0.25, 0.3) is 11.6 Å². The van der Waals surface area contributed by atoms with Gasteiger partial charge in [-0.05, 0) is 18.2 Å². The predicted octanol–water partition coefficient (Wildman–Crippen LogP) is 3.47. The number of benzene rings is 2. The van der Waals surface area contributed by atoms with Crippen LogP contribution in [0.5, 0.6) is 0 Å². The molecule has 0 heterocycles. The van der Waals surface area contributed by atoms with Gasteiger partial charge in [0, 0.05) is 23.1 Å². The van der Waals surface area contributed by atoms with Crippen molar-refractivity contribution in [2.24, 2.45) is 0 Å². The molecule has 7 heteroatoms. The Kier molecular flexibility index (Phi) is 4.82. The van der Waals surface area contributed by atoms with Gasteiger partial charge in [-0.15, -0.1) is 12.6 Å². The van der Waals surface area contributed by atoms with E-state index in [-0.39, 0.29) is 17.8 Å². The fourth-order valence-corrected chi connectivity index (χ4v) is 2.20. The highest BCUT2D eigenvalue weighted by molar-refractivity contribution is 7.80. The fraction of sp³-hybridized carbons (Fsp3) is 0.0714. The van der Waals surface area contributed by atoms with E-state index in [2.05, 4.69) is 17.9 Å². The highest BCUT2D eigenvalue weighted by Crippen LogP contribution is 2.21. The van der Waals surface area contributed by atoms with Crippen LogP contribution in [0.15, 0.2) is 47.4 Å². The molecule has 2 aromatic rings. The molecule has 0 fully saturated rings. The second-order valence-corrected chi connectivity index (χ2v) is 5.16. The average Bonchev–Trinajstić information content (AvgIpc) is 2.47. The minimum atomic E-state index is -0.483. The summed E-state index contributed by atoms with van der Waals surface area (Å²) < 4.78 is 0. The number of hydrogen-bond acceptors (Lipinski definition) is 4. The molecule has 0 spiro atoms. The lowest BCUT2D eigenvalue weighted by Crippen LogP contribution is -2.23. The third-order valence-electron chi connectivity index (χ3n) is 2.82. The molecule has 0 atom stereocenters. The molecule has 0 unspecified atom stereocenters. The molecular weight excluding hydrogens is 312 g/mol. The molecule has 0 radical (unpaired) electrons. The number of carbonyl (C=O) groups excluding carboxylic acids is 1. The molecule has 21 heavy (non-hydrogen) atoms. The van der Waals surface area contributed by atoms with E-state index in [9.17, 15) is 14.9 Å². The minimum Gasteiger partial charge on any atom is -0.348 e. The van der Waals surface area contributed by atoms with E-state index < -0.39 is 10.8 Å². The molecule has 0 saturated carbocycles. The predicted molar refractivity (Wildman–Crippen MR) is 83.0 cm³/mol. The summed E-state index contributed by atoms with van der Waals surface area (Å²) in [6.45, 7) is 0.0448. The van der Waals surface area contributed by atoms with Crippen LogP contribution in [0.3, 0.4) is 0 Å². The molecule has 0 bridgehead atoms. The van der Waals surface area contributed by atoms with Crippen molar-refractivity contribution in [1.82, 2.24) is 5.32 Å². The number of halogens is 1. The first-order valence-corrected chi connectivity index (χ1v) is 6.80. The standard InChI is InChI=1S/C14H11ClN2O3S/c15-12-6-5-10(21)7-11(12)14(18)16-8-9-3-1-2-4-13(9)17(19)20/h1-7,21H,8H2,(H,16,18). The molecule has 5 nitrogen and oxygen atoms in total. The van der Waals surface area contributed by atoms with Gasteiger partial charge in [0.15, 0.2) is 0 Å². The van der Waals surface area contributed by atoms with E-state index in [1.807, 2.05) is 0 Å². The smallest absolute Gasteiger partial charge is 0.274 e. The number of nitrogens with zero attached hydrogens (tertiary/aromatic N) is 1. The maximum absolute atomic E-state index is 12.1. The van der Waals surface area contributed by atoms with Crippen molar-refractivity contribution < 1.29 is 9.72 Å². The Morgan fingerprint density at radius 1 is 1.29 bits per heavy atom. The van der Waals surface area contributed by atoms with Crippen LogP contribution in [0.1, 0.15) is 15.9 Å². The zero-order chi connectivity index (χ0) is 15.4. The van der Waals surface area contributed by atoms with Crippen LogP contribution in [0.25, 0.3) is 0 Å². The Morgan fingerprint density at radius 2 is 2.00 bits per heavy atom. The van der Waals surface area contributed by atoms with E-state index in [1.54, 1.807) is 36.4 Å². The van der Waals surface area contributed by atoms with Gasteiger partial charge in [-0.25, -0.2) is 0 Å². The number of nitro benzene ring substituents is 1. The Morgan fingerprint density at radius 3 is 2.71 bits per heavy atom. The number of thiol groups is 1. The van der Waals surface area contributed by atoms with Crippen molar-refractivity contribution in [1.29, 1.82) is 0 Å². The van der Waals surface area contributed by atoms with Gasteiger partial charge in [0.1, 0.15) is 0 Å². The van der Waals surface area contributed by atoms with E-state index in [0.29, 0.717) is 15.5 Å². The number of nitro groups is 1. The van der Waals surface area contributed by atoms with Crippen LogP contribution in [0, 0.1) is 10.1 Å². The summed E-state index contributed by atoms with van der Waals surface area (Å²) in [5.74, 6) is -0.408. The van der Waals surface area contributed by atoms with Gasteiger partial charge in [-0.1, -0.05) is 29.8 Å². The lowest BCUT2D eigenvalue weighted by molar-refractivity contribution is -0.385. The van der Waals surface area contributed by atoms with Crippen LogP contribution in [0.4, 0.5) is 5.69 Å². The maximum Gasteiger partial charge on any atom is 0.274 e. The van der Waals surface area contributed by atoms with E-state index in [1.165, 1.54) is 6.07 Å². The first-order chi connectivity index (χ1) is 9.99. The van der Waals surface area contributed by atoms with Crippen molar-refractivity contribution in [3.05, 3.63) is 68.7 Å². The molecule has 1 amide bonds. The maximum atomic E-state index is 12.1. The van der Waals surface area contributed by atoms with Crippen LogP contribution >= 0.6 is 24.2 Å². The number of amides is 1. The minimum absolute atomic E-state index is 0.0353. The number of carbonyl (C=O) groups is 1. The van der Waals surface area contributed by atoms with E-state index in [0.717, 1.165) is 0 Å². The lowest BCUT2D eigenvalue weighted by Gasteiger charge is -2.08. The summed E-state index contributed by atoms with van der Waals surface area (Å²) in [4.78, 5) is 23.1. The van der Waals surface area contributed by atoms with Gasteiger partial charge in [-0.2, -0.15) is 0 Å². The highest BCUT2D eigenvalue weighted by atomic mass is 35.5. The van der Waals surface area contributed by atoms with Gasteiger partial charge in [0.05, 0.1) is 15.5 Å². The van der Waals surface area contributed by atoms with E-state index >= 15 is 0 Å². The fourth-order valence-electron chi connectivity index (χ4n) is 1.80.